The molecule has 1 atom stereocenters. The summed E-state index contributed by atoms with van der Waals surface area (Å²) >= 11 is 1.01. The number of rotatable bonds is 5. The summed E-state index contributed by atoms with van der Waals surface area (Å²) in [5, 5.41) is 1.46. The molecule has 1 aromatic heterocycles. The summed E-state index contributed by atoms with van der Waals surface area (Å²) in [6, 6.07) is 1.32. The summed E-state index contributed by atoms with van der Waals surface area (Å²) in [5.41, 5.74) is 5.35. The smallest absolute Gasteiger partial charge is 0.250 e. The van der Waals surface area contributed by atoms with Gasteiger partial charge in [0.25, 0.3) is 0 Å². The first kappa shape index (κ1) is 15.4. The molecule has 1 fully saturated rings. The van der Waals surface area contributed by atoms with E-state index in [1.165, 1.54) is 11.4 Å². The highest BCUT2D eigenvalue weighted by Crippen LogP contribution is 2.21. The lowest BCUT2D eigenvalue weighted by atomic mass is 9.99. The first-order valence-electron chi connectivity index (χ1n) is 6.45. The van der Waals surface area contributed by atoms with Gasteiger partial charge in [-0.2, -0.15) is 0 Å². The van der Waals surface area contributed by atoms with Crippen molar-refractivity contribution >= 4 is 27.3 Å². The molecule has 0 radical (unpaired) electrons. The van der Waals surface area contributed by atoms with Crippen molar-refractivity contribution in [2.24, 2.45) is 11.7 Å². The molecule has 2 heterocycles. The Morgan fingerprint density at radius 3 is 2.95 bits per heavy atom. The predicted molar refractivity (Wildman–Crippen MR) is 78.2 cm³/mol. The molecular weight excluding hydrogens is 298 g/mol. The number of likely N-dealkylation sites (tertiary alicyclic amines) is 1. The first-order chi connectivity index (χ1) is 9.38. The molecule has 20 heavy (non-hydrogen) atoms. The highest BCUT2D eigenvalue weighted by molar-refractivity contribution is 7.91. The van der Waals surface area contributed by atoms with Crippen LogP contribution in [0.15, 0.2) is 15.7 Å². The van der Waals surface area contributed by atoms with Crippen molar-refractivity contribution in [3.63, 3.8) is 0 Å². The molecule has 2 rings (SSSR count). The predicted octanol–water partition coefficient (Wildman–Crippen LogP) is 0.467. The van der Waals surface area contributed by atoms with Gasteiger partial charge in [-0.05, 0) is 38.4 Å². The minimum absolute atomic E-state index is 0.135. The number of sulfonamides is 1. The molecule has 0 spiro atoms. The van der Waals surface area contributed by atoms with Crippen molar-refractivity contribution in [3.05, 3.63) is 17.0 Å². The average Bonchev–Trinajstić information content (AvgIpc) is 2.87. The maximum atomic E-state index is 12.1. The molecule has 0 bridgehead atoms. The molecule has 1 saturated heterocycles. The molecule has 8 heteroatoms. The van der Waals surface area contributed by atoms with Crippen LogP contribution in [-0.4, -0.2) is 45.9 Å². The molecule has 1 aliphatic heterocycles. The number of nitrogens with one attached hydrogen (secondary N) is 1. The molecule has 0 aliphatic carbocycles. The molecule has 1 unspecified atom stereocenters. The summed E-state index contributed by atoms with van der Waals surface area (Å²) in [5.74, 6) is -0.282. The molecule has 0 aromatic carbocycles. The van der Waals surface area contributed by atoms with Gasteiger partial charge in [0.1, 0.15) is 4.21 Å². The van der Waals surface area contributed by atoms with Gasteiger partial charge in [-0.25, -0.2) is 13.1 Å². The number of hydrogen-bond donors (Lipinski definition) is 2. The number of piperidine rings is 1. The van der Waals surface area contributed by atoms with Crippen molar-refractivity contribution < 1.29 is 13.2 Å². The van der Waals surface area contributed by atoms with Gasteiger partial charge in [0.2, 0.25) is 15.9 Å². The topological polar surface area (TPSA) is 92.5 Å². The second kappa shape index (κ2) is 6.21. The lowest BCUT2D eigenvalue weighted by Crippen LogP contribution is -2.38. The van der Waals surface area contributed by atoms with Crippen LogP contribution in [0.3, 0.4) is 0 Å². The number of carbonyl (C=O) groups excluding carboxylic acids is 1. The third-order valence-electron chi connectivity index (χ3n) is 3.41. The van der Waals surface area contributed by atoms with Gasteiger partial charge in [-0.15, -0.1) is 11.3 Å². The van der Waals surface area contributed by atoms with Crippen molar-refractivity contribution in [1.29, 1.82) is 0 Å². The Labute approximate surface area is 123 Å². The Morgan fingerprint density at radius 2 is 2.35 bits per heavy atom. The van der Waals surface area contributed by atoms with Crippen molar-refractivity contribution in [2.45, 2.75) is 17.1 Å². The summed E-state index contributed by atoms with van der Waals surface area (Å²) in [6.45, 7) is 2.39. The van der Waals surface area contributed by atoms with Crippen molar-refractivity contribution in [3.8, 4) is 0 Å². The summed E-state index contributed by atoms with van der Waals surface area (Å²) in [7, 11) is -1.51. The number of carbonyl (C=O) groups is 1. The molecule has 0 saturated carbocycles. The van der Waals surface area contributed by atoms with E-state index in [2.05, 4.69) is 9.62 Å². The van der Waals surface area contributed by atoms with Crippen LogP contribution >= 0.6 is 11.3 Å². The number of nitrogens with two attached hydrogens (primary N) is 1. The molecule has 1 aromatic rings. The molecule has 6 nitrogen and oxygen atoms in total. The first-order valence-corrected chi connectivity index (χ1v) is 8.81. The quantitative estimate of drug-likeness (QED) is 0.825. The Morgan fingerprint density at radius 1 is 1.60 bits per heavy atom. The van der Waals surface area contributed by atoms with E-state index in [0.717, 1.165) is 37.3 Å². The highest BCUT2D eigenvalue weighted by atomic mass is 32.2. The van der Waals surface area contributed by atoms with Crippen molar-refractivity contribution in [1.82, 2.24) is 9.62 Å². The van der Waals surface area contributed by atoms with Crippen LogP contribution in [-0.2, 0) is 10.0 Å². The minimum Gasteiger partial charge on any atom is -0.366 e. The normalized spacial score (nSPS) is 20.9. The zero-order chi connectivity index (χ0) is 14.8. The van der Waals surface area contributed by atoms with Gasteiger partial charge >= 0.3 is 0 Å². The van der Waals surface area contributed by atoms with Gasteiger partial charge in [-0.1, -0.05) is 0 Å². The number of thiophene rings is 1. The van der Waals surface area contributed by atoms with Gasteiger partial charge in [0, 0.05) is 18.5 Å². The fourth-order valence-corrected chi connectivity index (χ4v) is 4.65. The van der Waals surface area contributed by atoms with E-state index < -0.39 is 15.9 Å². The standard InChI is InChI=1S/C12H19N3O3S2/c1-15-4-2-3-9(7-15)6-14-20(17,18)11-5-10(8-19-11)12(13)16/h5,8-9,14H,2-4,6-7H2,1H3,(H2,13,16). The van der Waals surface area contributed by atoms with Crippen LogP contribution in [0.5, 0.6) is 0 Å². The Kier molecular flexibility index (Phi) is 4.79. The van der Waals surface area contributed by atoms with E-state index in [0.29, 0.717) is 12.5 Å². The molecule has 1 amide bonds. The highest BCUT2D eigenvalue weighted by Gasteiger charge is 2.22. The van der Waals surface area contributed by atoms with E-state index in [9.17, 15) is 13.2 Å². The van der Waals surface area contributed by atoms with Gasteiger partial charge < -0.3 is 10.6 Å². The fourth-order valence-electron chi connectivity index (χ4n) is 2.33. The lowest BCUT2D eigenvalue weighted by Gasteiger charge is -2.29. The zero-order valence-electron chi connectivity index (χ0n) is 11.3. The van der Waals surface area contributed by atoms with Crippen LogP contribution in [0.2, 0.25) is 0 Å². The van der Waals surface area contributed by atoms with E-state index in [-0.39, 0.29) is 9.77 Å². The van der Waals surface area contributed by atoms with E-state index >= 15 is 0 Å². The molecule has 3 N–H and O–H groups in total. The Bertz CT molecular complexity index is 583. The monoisotopic (exact) mass is 317 g/mol. The van der Waals surface area contributed by atoms with Crippen LogP contribution < -0.4 is 10.5 Å². The number of nitrogens with zero attached hydrogens (tertiary/aromatic N) is 1. The lowest BCUT2D eigenvalue weighted by molar-refractivity contribution is 0.100. The SMILES string of the molecule is CN1CCCC(CNS(=O)(=O)c2cc(C(N)=O)cs2)C1. The van der Waals surface area contributed by atoms with E-state index in [1.54, 1.807) is 0 Å². The largest absolute Gasteiger partial charge is 0.366 e. The number of amides is 1. The molecular formula is C12H19N3O3S2. The molecule has 112 valence electrons. The third kappa shape index (κ3) is 3.78. The Hall–Kier alpha value is -0.960. The van der Waals surface area contributed by atoms with Crippen LogP contribution in [0, 0.1) is 5.92 Å². The van der Waals surface area contributed by atoms with Gasteiger partial charge in [0.05, 0.1) is 5.56 Å². The third-order valence-corrected chi connectivity index (χ3v) is 6.27. The van der Waals surface area contributed by atoms with Crippen LogP contribution in [0.4, 0.5) is 0 Å². The van der Waals surface area contributed by atoms with Crippen LogP contribution in [0.25, 0.3) is 0 Å². The zero-order valence-corrected chi connectivity index (χ0v) is 13.0. The van der Waals surface area contributed by atoms with Crippen LogP contribution in [0.1, 0.15) is 23.2 Å². The summed E-state index contributed by atoms with van der Waals surface area (Å²) < 4.78 is 27.0. The second-order valence-electron chi connectivity index (χ2n) is 5.14. The Balaban J connectivity index is 1.98. The maximum Gasteiger partial charge on any atom is 0.250 e. The minimum atomic E-state index is -3.55. The summed E-state index contributed by atoms with van der Waals surface area (Å²) in [6.07, 6.45) is 2.12. The maximum absolute atomic E-state index is 12.1. The second-order valence-corrected chi connectivity index (χ2v) is 8.05. The van der Waals surface area contributed by atoms with E-state index in [1.807, 2.05) is 7.05 Å². The van der Waals surface area contributed by atoms with Gasteiger partial charge in [-0.3, -0.25) is 4.79 Å². The summed E-state index contributed by atoms with van der Waals surface area (Å²) in [4.78, 5) is 13.2. The van der Waals surface area contributed by atoms with E-state index in [4.69, 9.17) is 5.73 Å². The average molecular weight is 317 g/mol. The number of primary amides is 1. The van der Waals surface area contributed by atoms with Gasteiger partial charge in [0.15, 0.2) is 0 Å². The molecule has 1 aliphatic rings. The number of hydrogen-bond acceptors (Lipinski definition) is 5. The van der Waals surface area contributed by atoms with Crippen molar-refractivity contribution in [2.75, 3.05) is 26.7 Å². The fraction of sp³-hybridized carbons (Fsp3) is 0.583.